The van der Waals surface area contributed by atoms with Crippen LogP contribution in [0.1, 0.15) is 18.4 Å². The molecule has 0 aliphatic heterocycles. The van der Waals surface area contributed by atoms with Crippen LogP contribution in [-0.4, -0.2) is 16.7 Å². The lowest BCUT2D eigenvalue weighted by Gasteiger charge is -2.07. The van der Waals surface area contributed by atoms with Crippen LogP contribution in [0, 0.1) is 0 Å². The molecule has 1 atom stereocenters. The number of hydrogen-bond donors (Lipinski definition) is 2. The van der Waals surface area contributed by atoms with E-state index in [9.17, 15) is 0 Å². The minimum Gasteiger partial charge on any atom is -0.330 e. The number of halogens is 1. The van der Waals surface area contributed by atoms with E-state index in [-0.39, 0.29) is 0 Å². The molecule has 0 aliphatic carbocycles. The fourth-order valence-electron chi connectivity index (χ4n) is 1.44. The number of nitrogens with zero attached hydrogens (tertiary/aromatic N) is 1. The Kier molecular flexibility index (Phi) is 2.44. The van der Waals surface area contributed by atoms with Gasteiger partial charge in [0, 0.05) is 5.39 Å². The van der Waals surface area contributed by atoms with Gasteiger partial charge >= 0.3 is 0 Å². The number of H-pyrrole nitrogens is 1. The molecular weight excluding hydrogens is 198 g/mol. The summed E-state index contributed by atoms with van der Waals surface area (Å²) in [6.07, 6.45) is 0. The average molecular weight is 210 g/mol. The van der Waals surface area contributed by atoms with Crippen molar-refractivity contribution in [2.75, 3.05) is 6.54 Å². The number of nitrogens with one attached hydrogen (secondary N) is 1. The van der Waals surface area contributed by atoms with E-state index in [4.69, 9.17) is 17.3 Å². The minimum atomic E-state index is 0.356. The maximum absolute atomic E-state index is 5.90. The molecule has 4 heteroatoms. The van der Waals surface area contributed by atoms with Crippen LogP contribution in [0.4, 0.5) is 0 Å². The van der Waals surface area contributed by atoms with Gasteiger partial charge in [-0.3, -0.25) is 5.10 Å². The SMILES string of the molecule is CC(CN)c1ccc2c(Cl)[nH]nc2c1. The van der Waals surface area contributed by atoms with Gasteiger partial charge in [0.15, 0.2) is 0 Å². The molecule has 74 valence electrons. The highest BCUT2D eigenvalue weighted by Crippen LogP contribution is 2.24. The molecule has 3 nitrogen and oxygen atoms in total. The highest BCUT2D eigenvalue weighted by molar-refractivity contribution is 6.34. The maximum Gasteiger partial charge on any atom is 0.132 e. The Labute approximate surface area is 87.2 Å². The summed E-state index contributed by atoms with van der Waals surface area (Å²) in [5.74, 6) is 0.356. The number of fused-ring (bicyclic) bond motifs is 1. The molecule has 0 aliphatic rings. The molecule has 1 aromatic carbocycles. The monoisotopic (exact) mass is 209 g/mol. The molecule has 2 rings (SSSR count). The van der Waals surface area contributed by atoms with Gasteiger partial charge in [-0.1, -0.05) is 24.6 Å². The number of benzene rings is 1. The second-order valence-corrected chi connectivity index (χ2v) is 3.83. The molecule has 0 bridgehead atoms. The zero-order valence-corrected chi connectivity index (χ0v) is 8.67. The summed E-state index contributed by atoms with van der Waals surface area (Å²) in [6.45, 7) is 2.74. The molecule has 0 amide bonds. The molecule has 1 unspecified atom stereocenters. The van der Waals surface area contributed by atoms with Gasteiger partial charge in [-0.15, -0.1) is 0 Å². The molecule has 0 saturated carbocycles. The van der Waals surface area contributed by atoms with Gasteiger partial charge in [0.25, 0.3) is 0 Å². The Morgan fingerprint density at radius 1 is 1.57 bits per heavy atom. The third kappa shape index (κ3) is 1.49. The van der Waals surface area contributed by atoms with Gasteiger partial charge in [0.2, 0.25) is 0 Å². The fraction of sp³-hybridized carbons (Fsp3) is 0.300. The minimum absolute atomic E-state index is 0.356. The van der Waals surface area contributed by atoms with E-state index in [1.54, 1.807) is 0 Å². The van der Waals surface area contributed by atoms with E-state index in [1.165, 1.54) is 5.56 Å². The van der Waals surface area contributed by atoms with Gasteiger partial charge < -0.3 is 5.73 Å². The zero-order valence-electron chi connectivity index (χ0n) is 7.92. The van der Waals surface area contributed by atoms with E-state index in [0.29, 0.717) is 17.6 Å². The van der Waals surface area contributed by atoms with Crippen molar-refractivity contribution in [1.29, 1.82) is 0 Å². The smallest absolute Gasteiger partial charge is 0.132 e. The van der Waals surface area contributed by atoms with Crippen molar-refractivity contribution in [1.82, 2.24) is 10.2 Å². The normalized spacial score (nSPS) is 13.4. The summed E-state index contributed by atoms with van der Waals surface area (Å²) in [6, 6.07) is 6.04. The molecule has 0 saturated heterocycles. The van der Waals surface area contributed by atoms with E-state index in [0.717, 1.165) is 10.9 Å². The first kappa shape index (κ1) is 9.49. The Bertz CT molecular complexity index is 450. The predicted molar refractivity (Wildman–Crippen MR) is 58.6 cm³/mol. The molecule has 3 N–H and O–H groups in total. The molecule has 1 aromatic heterocycles. The Balaban J connectivity index is 2.52. The van der Waals surface area contributed by atoms with Crippen LogP contribution >= 0.6 is 11.6 Å². The van der Waals surface area contributed by atoms with E-state index in [2.05, 4.69) is 17.1 Å². The molecule has 0 radical (unpaired) electrons. The van der Waals surface area contributed by atoms with Gasteiger partial charge in [-0.05, 0) is 30.2 Å². The van der Waals surface area contributed by atoms with Crippen molar-refractivity contribution in [3.8, 4) is 0 Å². The van der Waals surface area contributed by atoms with Gasteiger partial charge in [-0.25, -0.2) is 0 Å². The van der Waals surface area contributed by atoms with E-state index in [1.807, 2.05) is 18.2 Å². The molecule has 0 fully saturated rings. The first-order valence-electron chi connectivity index (χ1n) is 4.56. The van der Waals surface area contributed by atoms with Crippen molar-refractivity contribution in [2.24, 2.45) is 5.73 Å². The van der Waals surface area contributed by atoms with Crippen molar-refractivity contribution in [2.45, 2.75) is 12.8 Å². The highest BCUT2D eigenvalue weighted by atomic mass is 35.5. The summed E-state index contributed by atoms with van der Waals surface area (Å²) in [5, 5.41) is 8.39. The molecule has 14 heavy (non-hydrogen) atoms. The molecule has 2 aromatic rings. The lowest BCUT2D eigenvalue weighted by Crippen LogP contribution is -2.08. The fourth-order valence-corrected chi connectivity index (χ4v) is 1.64. The van der Waals surface area contributed by atoms with Crippen LogP contribution in [0.25, 0.3) is 10.9 Å². The second-order valence-electron chi connectivity index (χ2n) is 3.45. The topological polar surface area (TPSA) is 54.7 Å². The number of rotatable bonds is 2. The number of hydrogen-bond acceptors (Lipinski definition) is 2. The van der Waals surface area contributed by atoms with Crippen molar-refractivity contribution in [3.05, 3.63) is 28.9 Å². The average Bonchev–Trinajstić information content (AvgIpc) is 2.59. The molecule has 0 spiro atoms. The van der Waals surface area contributed by atoms with Gasteiger partial charge in [-0.2, -0.15) is 5.10 Å². The van der Waals surface area contributed by atoms with Crippen LogP contribution in [0.5, 0.6) is 0 Å². The van der Waals surface area contributed by atoms with Crippen molar-refractivity contribution in [3.63, 3.8) is 0 Å². The van der Waals surface area contributed by atoms with Crippen LogP contribution < -0.4 is 5.73 Å². The Morgan fingerprint density at radius 3 is 3.07 bits per heavy atom. The number of aromatic amines is 1. The maximum atomic E-state index is 5.90. The number of aromatic nitrogens is 2. The van der Waals surface area contributed by atoms with Crippen LogP contribution in [0.2, 0.25) is 5.15 Å². The summed E-state index contributed by atoms with van der Waals surface area (Å²) < 4.78 is 0. The summed E-state index contributed by atoms with van der Waals surface area (Å²) in [5.41, 5.74) is 7.69. The number of nitrogens with two attached hydrogens (primary N) is 1. The van der Waals surface area contributed by atoms with Crippen LogP contribution in [-0.2, 0) is 0 Å². The third-order valence-corrected chi connectivity index (χ3v) is 2.74. The first-order chi connectivity index (χ1) is 6.72. The quantitative estimate of drug-likeness (QED) is 0.798. The lowest BCUT2D eigenvalue weighted by molar-refractivity contribution is 0.775. The largest absolute Gasteiger partial charge is 0.330 e. The Hall–Kier alpha value is -1.06. The molecular formula is C10H12ClN3. The second kappa shape index (κ2) is 3.59. The Morgan fingerprint density at radius 2 is 2.36 bits per heavy atom. The summed E-state index contributed by atoms with van der Waals surface area (Å²) >= 11 is 5.90. The van der Waals surface area contributed by atoms with E-state index >= 15 is 0 Å². The van der Waals surface area contributed by atoms with Gasteiger partial charge in [0.05, 0.1) is 5.52 Å². The standard InChI is InChI=1S/C10H12ClN3/c1-6(5-12)7-2-3-8-9(4-7)13-14-10(8)11/h2-4,6H,5,12H2,1H3,(H,13,14). The van der Waals surface area contributed by atoms with Crippen molar-refractivity contribution >= 4 is 22.5 Å². The summed E-state index contributed by atoms with van der Waals surface area (Å²) in [7, 11) is 0. The predicted octanol–water partition coefficient (Wildman–Crippen LogP) is 2.28. The third-order valence-electron chi connectivity index (χ3n) is 2.46. The summed E-state index contributed by atoms with van der Waals surface area (Å²) in [4.78, 5) is 0. The van der Waals surface area contributed by atoms with E-state index < -0.39 is 0 Å². The zero-order chi connectivity index (χ0) is 10.1. The van der Waals surface area contributed by atoms with Crippen molar-refractivity contribution < 1.29 is 0 Å². The first-order valence-corrected chi connectivity index (χ1v) is 4.93. The molecule has 1 heterocycles. The van der Waals surface area contributed by atoms with Crippen LogP contribution in [0.3, 0.4) is 0 Å². The highest BCUT2D eigenvalue weighted by Gasteiger charge is 2.07. The van der Waals surface area contributed by atoms with Crippen LogP contribution in [0.15, 0.2) is 18.2 Å². The van der Waals surface area contributed by atoms with Gasteiger partial charge in [0.1, 0.15) is 5.15 Å². The lowest BCUT2D eigenvalue weighted by atomic mass is 10.0.